The molecule has 10 heteroatoms. The lowest BCUT2D eigenvalue weighted by molar-refractivity contribution is -0.253. The third-order valence-corrected chi connectivity index (χ3v) is 10.3. The Hall–Kier alpha value is -4.87. The number of hydrogen-bond donors (Lipinski definition) is 3. The van der Waals surface area contributed by atoms with Crippen molar-refractivity contribution in [3.8, 4) is 0 Å². The number of aliphatic hydroxyl groups excluding tert-OH is 1. The molecule has 0 aliphatic carbocycles. The summed E-state index contributed by atoms with van der Waals surface area (Å²) in [7, 11) is 0. The Morgan fingerprint density at radius 2 is 1.59 bits per heavy atom. The van der Waals surface area contributed by atoms with Crippen molar-refractivity contribution in [3.63, 3.8) is 0 Å². The summed E-state index contributed by atoms with van der Waals surface area (Å²) in [5.74, 6) is -0.133. The smallest absolute Gasteiger partial charge is 0.247 e. The van der Waals surface area contributed by atoms with Gasteiger partial charge in [0.05, 0.1) is 31.9 Å². The molecule has 3 unspecified atom stereocenters. The van der Waals surface area contributed by atoms with Crippen molar-refractivity contribution < 1.29 is 29.0 Å². The normalized spacial score (nSPS) is 21.7. The van der Waals surface area contributed by atoms with Crippen LogP contribution in [0.4, 0.5) is 11.4 Å². The van der Waals surface area contributed by atoms with Gasteiger partial charge in [-0.2, -0.15) is 0 Å². The fourth-order valence-electron chi connectivity index (χ4n) is 7.46. The molecule has 3 heterocycles. The van der Waals surface area contributed by atoms with Gasteiger partial charge in [0.15, 0.2) is 12.1 Å². The topological polar surface area (TPSA) is 120 Å². The number of ketones is 1. The van der Waals surface area contributed by atoms with E-state index in [4.69, 9.17) is 9.47 Å². The average Bonchev–Trinajstić information content (AvgIpc) is 3.47. The van der Waals surface area contributed by atoms with Gasteiger partial charge in [-0.1, -0.05) is 78.9 Å². The minimum Gasteiger partial charge on any atom is -0.392 e. The zero-order valence-electron chi connectivity index (χ0n) is 28.8. The summed E-state index contributed by atoms with van der Waals surface area (Å²) in [6.45, 7) is 4.24. The van der Waals surface area contributed by atoms with Crippen molar-refractivity contribution in [2.75, 3.05) is 36.5 Å². The second-order valence-electron chi connectivity index (χ2n) is 13.7. The monoisotopic (exact) mass is 688 g/mol. The summed E-state index contributed by atoms with van der Waals surface area (Å²) in [4.78, 5) is 42.4. The Morgan fingerprint density at radius 1 is 0.882 bits per heavy atom. The average molecular weight is 689 g/mol. The molecule has 1 spiro atoms. The largest absolute Gasteiger partial charge is 0.392 e. The fraction of sp³-hybridized carbons (Fsp3) is 0.341. The lowest BCUT2D eigenvalue weighted by atomic mass is 9.85. The number of carbonyl (C=O) groups excluding carboxylic acids is 3. The van der Waals surface area contributed by atoms with Crippen LogP contribution in [0, 0.1) is 0 Å². The number of ether oxygens (including phenoxy) is 2. The third kappa shape index (κ3) is 7.74. The molecule has 0 radical (unpaired) electrons. The number of likely N-dealkylation sites (tertiary alicyclic amines) is 1. The number of carbonyl (C=O) groups is 3. The SMILES string of the molecule is CC(=O)c1cccc(NC(=O)Cc2ccc(C3OC(CN4CCC5(CC4)C(=O)NCN5c4ccccc4)CC(c4ccc(CO)cc4)O3)cc2)c1. The molecule has 7 rings (SSSR count). The minimum absolute atomic E-state index is 0.0223. The number of benzene rings is 4. The number of nitrogens with zero attached hydrogens (tertiary/aromatic N) is 2. The molecule has 0 aromatic heterocycles. The molecule has 4 aromatic rings. The number of anilines is 2. The van der Waals surface area contributed by atoms with Gasteiger partial charge < -0.3 is 35.0 Å². The number of amides is 2. The summed E-state index contributed by atoms with van der Waals surface area (Å²) < 4.78 is 13.2. The first-order valence-electron chi connectivity index (χ1n) is 17.6. The molecule has 2 amide bonds. The van der Waals surface area contributed by atoms with E-state index in [-0.39, 0.29) is 42.8 Å². The minimum atomic E-state index is -0.617. The third-order valence-electron chi connectivity index (χ3n) is 10.3. The Kier molecular flexibility index (Phi) is 10.3. The van der Waals surface area contributed by atoms with Gasteiger partial charge in [-0.3, -0.25) is 14.4 Å². The summed E-state index contributed by atoms with van der Waals surface area (Å²) in [5, 5.41) is 15.6. The molecule has 10 nitrogen and oxygen atoms in total. The second-order valence-corrected chi connectivity index (χ2v) is 13.7. The van der Waals surface area contributed by atoms with E-state index >= 15 is 0 Å². The van der Waals surface area contributed by atoms with Gasteiger partial charge in [-0.05, 0) is 60.7 Å². The highest BCUT2D eigenvalue weighted by Crippen LogP contribution is 2.40. The summed E-state index contributed by atoms with van der Waals surface area (Å²) in [6, 6.07) is 32.6. The van der Waals surface area contributed by atoms with E-state index in [0.717, 1.165) is 53.9 Å². The molecule has 4 aromatic carbocycles. The van der Waals surface area contributed by atoms with Crippen LogP contribution in [-0.4, -0.2) is 65.5 Å². The second kappa shape index (κ2) is 15.2. The van der Waals surface area contributed by atoms with Crippen LogP contribution >= 0.6 is 0 Å². The molecular formula is C41H44N4O6. The zero-order chi connectivity index (χ0) is 35.4. The van der Waals surface area contributed by atoms with Crippen LogP contribution in [-0.2, 0) is 32.1 Å². The molecule has 3 N–H and O–H groups in total. The zero-order valence-corrected chi connectivity index (χ0v) is 28.8. The quantitative estimate of drug-likeness (QED) is 0.186. The number of Topliss-reactive ketones (excluding diaryl/α,β-unsaturated/α-hetero) is 1. The lowest BCUT2D eigenvalue weighted by Gasteiger charge is -2.45. The van der Waals surface area contributed by atoms with Crippen LogP contribution in [0.25, 0.3) is 0 Å². The fourth-order valence-corrected chi connectivity index (χ4v) is 7.46. The first kappa shape index (κ1) is 34.6. The van der Waals surface area contributed by atoms with Crippen LogP contribution in [0.15, 0.2) is 103 Å². The lowest BCUT2D eigenvalue weighted by Crippen LogP contribution is -2.57. The Balaban J connectivity index is 1.02. The van der Waals surface area contributed by atoms with E-state index in [1.807, 2.05) is 66.7 Å². The van der Waals surface area contributed by atoms with Gasteiger partial charge in [0, 0.05) is 48.6 Å². The highest BCUT2D eigenvalue weighted by Gasteiger charge is 2.50. The van der Waals surface area contributed by atoms with E-state index in [9.17, 15) is 19.5 Å². The molecule has 3 aliphatic heterocycles. The van der Waals surface area contributed by atoms with E-state index in [0.29, 0.717) is 30.9 Å². The van der Waals surface area contributed by atoms with Gasteiger partial charge in [0.2, 0.25) is 11.8 Å². The molecule has 51 heavy (non-hydrogen) atoms. The van der Waals surface area contributed by atoms with Gasteiger partial charge in [-0.15, -0.1) is 0 Å². The molecular weight excluding hydrogens is 644 g/mol. The maximum Gasteiger partial charge on any atom is 0.247 e. The van der Waals surface area contributed by atoms with Crippen molar-refractivity contribution in [2.45, 2.75) is 63.3 Å². The summed E-state index contributed by atoms with van der Waals surface area (Å²) >= 11 is 0. The first-order chi connectivity index (χ1) is 24.8. The molecule has 3 saturated heterocycles. The number of hydrogen-bond acceptors (Lipinski definition) is 8. The van der Waals surface area contributed by atoms with Crippen LogP contribution in [0.1, 0.15) is 71.2 Å². The van der Waals surface area contributed by atoms with Gasteiger partial charge >= 0.3 is 0 Å². The molecule has 264 valence electrons. The molecule has 0 bridgehead atoms. The van der Waals surface area contributed by atoms with Crippen LogP contribution in [0.3, 0.4) is 0 Å². The van der Waals surface area contributed by atoms with Gasteiger partial charge in [0.25, 0.3) is 0 Å². The van der Waals surface area contributed by atoms with Gasteiger partial charge in [0.1, 0.15) is 5.54 Å². The number of piperidine rings is 1. The molecule has 3 atom stereocenters. The maximum absolute atomic E-state index is 13.2. The van der Waals surface area contributed by atoms with E-state index in [1.165, 1.54) is 6.92 Å². The Labute approximate surface area is 298 Å². The van der Waals surface area contributed by atoms with E-state index in [2.05, 4.69) is 32.6 Å². The molecule has 3 fully saturated rings. The van der Waals surface area contributed by atoms with Crippen molar-refractivity contribution in [3.05, 3.63) is 131 Å². The predicted octanol–water partition coefficient (Wildman–Crippen LogP) is 5.54. The highest BCUT2D eigenvalue weighted by molar-refractivity contribution is 5.97. The van der Waals surface area contributed by atoms with E-state index < -0.39 is 11.8 Å². The van der Waals surface area contributed by atoms with Crippen LogP contribution in [0.5, 0.6) is 0 Å². The molecule has 3 aliphatic rings. The number of aliphatic hydroxyl groups is 1. The first-order valence-corrected chi connectivity index (χ1v) is 17.6. The van der Waals surface area contributed by atoms with E-state index in [1.54, 1.807) is 24.3 Å². The maximum atomic E-state index is 13.2. The Bertz CT molecular complexity index is 1840. The predicted molar refractivity (Wildman–Crippen MR) is 194 cm³/mol. The standard InChI is InChI=1S/C41H44N4O6/c1-28(47)33-6-5-7-34(23-33)43-38(48)22-29-10-16-32(17-11-29)39-50-36(24-37(51-39)31-14-12-30(26-46)13-15-31)25-44-20-18-41(19-21-44)40(49)42-27-45(41)35-8-3-2-4-9-35/h2-17,23,36-37,39,46H,18-22,24-27H2,1H3,(H,42,49)(H,43,48). The van der Waals surface area contributed by atoms with Crippen LogP contribution < -0.4 is 15.5 Å². The van der Waals surface area contributed by atoms with Crippen LogP contribution in [0.2, 0.25) is 0 Å². The van der Waals surface area contributed by atoms with Gasteiger partial charge in [-0.25, -0.2) is 0 Å². The number of rotatable bonds is 10. The Morgan fingerprint density at radius 3 is 2.29 bits per heavy atom. The highest BCUT2D eigenvalue weighted by atomic mass is 16.7. The number of nitrogens with one attached hydrogen (secondary N) is 2. The molecule has 0 saturated carbocycles. The number of para-hydroxylation sites is 1. The summed E-state index contributed by atoms with van der Waals surface area (Å²) in [6.07, 6.45) is 1.33. The van der Waals surface area contributed by atoms with Crippen molar-refractivity contribution in [1.82, 2.24) is 10.2 Å². The van der Waals surface area contributed by atoms with Crippen molar-refractivity contribution in [2.24, 2.45) is 0 Å². The van der Waals surface area contributed by atoms with Crippen molar-refractivity contribution in [1.29, 1.82) is 0 Å². The summed E-state index contributed by atoms with van der Waals surface area (Å²) in [5.41, 5.74) is 5.19. The van der Waals surface area contributed by atoms with Crippen molar-refractivity contribution >= 4 is 29.0 Å².